The van der Waals surface area contributed by atoms with Crippen molar-refractivity contribution >= 4 is 11.7 Å². The van der Waals surface area contributed by atoms with Crippen molar-refractivity contribution < 1.29 is 14.6 Å². The van der Waals surface area contributed by atoms with Gasteiger partial charge in [0.05, 0.1) is 0 Å². The maximum absolute atomic E-state index is 10.4. The summed E-state index contributed by atoms with van der Waals surface area (Å²) in [5.41, 5.74) is 6.03. The van der Waals surface area contributed by atoms with Crippen LogP contribution in [0.4, 0.5) is 5.69 Å². The summed E-state index contributed by atoms with van der Waals surface area (Å²) in [7, 11) is 0. The second-order valence-corrected chi connectivity index (χ2v) is 2.67. The molecule has 4 nitrogen and oxygen atoms in total. The number of rotatable bonds is 3. The van der Waals surface area contributed by atoms with Crippen LogP contribution in [0, 0.1) is 0 Å². The smallest absolute Gasteiger partial charge is 0.344 e. The maximum Gasteiger partial charge on any atom is 0.344 e. The van der Waals surface area contributed by atoms with Crippen LogP contribution in [-0.4, -0.2) is 17.2 Å². The summed E-state index contributed by atoms with van der Waals surface area (Å²) in [4.78, 5) is 10.4. The first-order valence-corrected chi connectivity index (χ1v) is 3.84. The number of anilines is 1. The second-order valence-electron chi connectivity index (χ2n) is 2.67. The Bertz CT molecular complexity index is 311. The van der Waals surface area contributed by atoms with Crippen molar-refractivity contribution in [1.29, 1.82) is 0 Å². The van der Waals surface area contributed by atoms with Gasteiger partial charge >= 0.3 is 5.97 Å². The zero-order chi connectivity index (χ0) is 9.84. The molecule has 3 N–H and O–H groups in total. The molecule has 1 aromatic carbocycles. The molecule has 13 heavy (non-hydrogen) atoms. The number of hydrogen-bond donors (Lipinski definition) is 2. The summed E-state index contributed by atoms with van der Waals surface area (Å²) >= 11 is 0. The van der Waals surface area contributed by atoms with E-state index < -0.39 is 12.1 Å². The number of aliphatic carboxylic acids is 1. The molecular formula is C9H11NO3. The highest BCUT2D eigenvalue weighted by atomic mass is 16.5. The number of carboxylic acid groups (broad SMARTS) is 1. The van der Waals surface area contributed by atoms with Gasteiger partial charge in [-0.2, -0.15) is 0 Å². The molecule has 1 atom stereocenters. The van der Waals surface area contributed by atoms with Crippen molar-refractivity contribution in [3.63, 3.8) is 0 Å². The third kappa shape index (κ3) is 2.66. The molecule has 0 radical (unpaired) electrons. The van der Waals surface area contributed by atoms with Gasteiger partial charge in [0.1, 0.15) is 5.75 Å². The normalized spacial score (nSPS) is 12.1. The average molecular weight is 181 g/mol. The minimum atomic E-state index is -0.998. The number of nitrogens with two attached hydrogens (primary N) is 1. The second kappa shape index (κ2) is 3.80. The highest BCUT2D eigenvalue weighted by Crippen LogP contribution is 2.15. The number of hydrogen-bond acceptors (Lipinski definition) is 3. The molecule has 0 spiro atoms. The van der Waals surface area contributed by atoms with E-state index in [-0.39, 0.29) is 0 Å². The van der Waals surface area contributed by atoms with Crippen LogP contribution in [0.1, 0.15) is 6.92 Å². The number of ether oxygens (including phenoxy) is 1. The lowest BCUT2D eigenvalue weighted by atomic mass is 10.3. The molecule has 0 bridgehead atoms. The zero-order valence-corrected chi connectivity index (χ0v) is 7.23. The maximum atomic E-state index is 10.4. The van der Waals surface area contributed by atoms with Gasteiger partial charge < -0.3 is 15.6 Å². The molecule has 0 aliphatic heterocycles. The monoisotopic (exact) mass is 181 g/mol. The number of carboxylic acids is 1. The molecule has 0 amide bonds. The van der Waals surface area contributed by atoms with Crippen molar-refractivity contribution in [3.05, 3.63) is 24.3 Å². The fraction of sp³-hybridized carbons (Fsp3) is 0.222. The van der Waals surface area contributed by atoms with E-state index in [2.05, 4.69) is 0 Å². The van der Waals surface area contributed by atoms with E-state index in [1.807, 2.05) is 0 Å². The number of benzene rings is 1. The molecule has 70 valence electrons. The highest BCUT2D eigenvalue weighted by molar-refractivity contribution is 5.72. The third-order valence-corrected chi connectivity index (χ3v) is 1.52. The Kier molecular flexibility index (Phi) is 2.74. The van der Waals surface area contributed by atoms with Gasteiger partial charge in [0.2, 0.25) is 0 Å². The molecule has 0 saturated heterocycles. The molecule has 0 aliphatic carbocycles. The highest BCUT2D eigenvalue weighted by Gasteiger charge is 2.11. The fourth-order valence-electron chi connectivity index (χ4n) is 0.842. The van der Waals surface area contributed by atoms with E-state index in [9.17, 15) is 4.79 Å². The van der Waals surface area contributed by atoms with Gasteiger partial charge in [-0.05, 0) is 19.1 Å². The third-order valence-electron chi connectivity index (χ3n) is 1.52. The minimum absolute atomic E-state index is 0.468. The van der Waals surface area contributed by atoms with Gasteiger partial charge in [-0.25, -0.2) is 4.79 Å². The van der Waals surface area contributed by atoms with E-state index >= 15 is 0 Å². The van der Waals surface area contributed by atoms with Crippen LogP contribution < -0.4 is 10.5 Å². The standard InChI is InChI=1S/C9H11NO3/c1-6(9(11)12)13-8-4-2-3-7(10)5-8/h2-6H,10H2,1H3,(H,11,12)/t6-/m0/s1. The predicted molar refractivity (Wildman–Crippen MR) is 48.6 cm³/mol. The summed E-state index contributed by atoms with van der Waals surface area (Å²) in [6.45, 7) is 1.46. The average Bonchev–Trinajstić information content (AvgIpc) is 2.04. The van der Waals surface area contributed by atoms with Crippen molar-refractivity contribution in [2.75, 3.05) is 5.73 Å². The van der Waals surface area contributed by atoms with E-state index in [0.717, 1.165) is 0 Å². The predicted octanol–water partition coefficient (Wildman–Crippen LogP) is 1.12. The topological polar surface area (TPSA) is 72.5 Å². The molecule has 0 heterocycles. The zero-order valence-electron chi connectivity index (χ0n) is 7.23. The molecule has 0 aromatic heterocycles. The van der Waals surface area contributed by atoms with Crippen LogP contribution in [0.3, 0.4) is 0 Å². The lowest BCUT2D eigenvalue weighted by Gasteiger charge is -2.10. The van der Waals surface area contributed by atoms with Crippen molar-refractivity contribution in [3.8, 4) is 5.75 Å². The fourth-order valence-corrected chi connectivity index (χ4v) is 0.842. The van der Waals surface area contributed by atoms with E-state index in [4.69, 9.17) is 15.6 Å². The van der Waals surface area contributed by atoms with Crippen LogP contribution >= 0.6 is 0 Å². The molecule has 1 aromatic rings. The Morgan fingerprint density at radius 3 is 2.85 bits per heavy atom. The molecule has 0 saturated carbocycles. The van der Waals surface area contributed by atoms with Crippen LogP contribution in [0.5, 0.6) is 5.75 Å². The SMILES string of the molecule is C[C@H](Oc1cccc(N)c1)C(=O)O. The van der Waals surface area contributed by atoms with E-state index in [0.29, 0.717) is 11.4 Å². The summed E-state index contributed by atoms with van der Waals surface area (Å²) in [6.07, 6.45) is -0.859. The first-order valence-electron chi connectivity index (χ1n) is 3.84. The van der Waals surface area contributed by atoms with Crippen molar-refractivity contribution in [1.82, 2.24) is 0 Å². The van der Waals surface area contributed by atoms with Crippen LogP contribution in [0.25, 0.3) is 0 Å². The summed E-state index contributed by atoms with van der Waals surface area (Å²) in [5.74, 6) is -0.530. The van der Waals surface area contributed by atoms with E-state index in [1.165, 1.54) is 6.92 Å². The minimum Gasteiger partial charge on any atom is -0.479 e. The lowest BCUT2D eigenvalue weighted by molar-refractivity contribution is -0.144. The summed E-state index contributed by atoms with van der Waals surface area (Å²) < 4.78 is 5.08. The van der Waals surface area contributed by atoms with Crippen molar-refractivity contribution in [2.24, 2.45) is 0 Å². The Labute approximate surface area is 75.9 Å². The first kappa shape index (κ1) is 9.38. The van der Waals surface area contributed by atoms with Gasteiger partial charge in [-0.1, -0.05) is 6.07 Å². The van der Waals surface area contributed by atoms with Gasteiger partial charge in [0, 0.05) is 11.8 Å². The Hall–Kier alpha value is -1.71. The molecule has 0 fully saturated rings. The Morgan fingerprint density at radius 1 is 1.62 bits per heavy atom. The van der Waals surface area contributed by atoms with Gasteiger partial charge in [-0.3, -0.25) is 0 Å². The van der Waals surface area contributed by atoms with Gasteiger partial charge in [0.15, 0.2) is 6.10 Å². The van der Waals surface area contributed by atoms with Gasteiger partial charge in [0.25, 0.3) is 0 Å². The molecule has 0 unspecified atom stereocenters. The Morgan fingerprint density at radius 2 is 2.31 bits per heavy atom. The first-order chi connectivity index (χ1) is 6.09. The van der Waals surface area contributed by atoms with Gasteiger partial charge in [-0.15, -0.1) is 0 Å². The largest absolute Gasteiger partial charge is 0.479 e. The number of carbonyl (C=O) groups is 1. The molecular weight excluding hydrogens is 170 g/mol. The summed E-state index contributed by atoms with van der Waals surface area (Å²) in [6, 6.07) is 6.66. The van der Waals surface area contributed by atoms with Crippen molar-refractivity contribution in [2.45, 2.75) is 13.0 Å². The molecule has 0 aliphatic rings. The molecule has 4 heteroatoms. The van der Waals surface area contributed by atoms with Crippen LogP contribution in [-0.2, 0) is 4.79 Å². The molecule has 1 rings (SSSR count). The quantitative estimate of drug-likeness (QED) is 0.685. The summed E-state index contributed by atoms with van der Waals surface area (Å²) in [5, 5.41) is 8.56. The number of nitrogen functional groups attached to an aromatic ring is 1. The Balaban J connectivity index is 2.69. The van der Waals surface area contributed by atoms with Crippen LogP contribution in [0.2, 0.25) is 0 Å². The van der Waals surface area contributed by atoms with E-state index in [1.54, 1.807) is 24.3 Å². The van der Waals surface area contributed by atoms with Crippen LogP contribution in [0.15, 0.2) is 24.3 Å². The lowest BCUT2D eigenvalue weighted by Crippen LogP contribution is -2.22.